The molecule has 0 saturated carbocycles. The van der Waals surface area contributed by atoms with Gasteiger partial charge in [0.05, 0.1) is 19.1 Å². The number of rotatable bonds is 5. The van der Waals surface area contributed by atoms with Gasteiger partial charge in [-0.05, 0) is 23.3 Å². The summed E-state index contributed by atoms with van der Waals surface area (Å²) in [5, 5.41) is 10.9. The summed E-state index contributed by atoms with van der Waals surface area (Å²) in [7, 11) is 3.07. The Morgan fingerprint density at radius 3 is 2.52 bits per heavy atom. The average Bonchev–Trinajstić information content (AvgIpc) is 2.53. The summed E-state index contributed by atoms with van der Waals surface area (Å²) in [6.07, 6.45) is 0. The number of methoxy groups -OCH3 is 2. The number of nitrogens with two attached hydrogens (primary N) is 1. The molecule has 0 amide bonds. The SMILES string of the molecule is COc1cc(CN)cc(-c2cccc([N+](=O)[O-])c2)c1OC. The molecule has 0 atom stereocenters. The van der Waals surface area contributed by atoms with E-state index < -0.39 is 4.92 Å². The van der Waals surface area contributed by atoms with Gasteiger partial charge in [0.25, 0.3) is 5.69 Å². The maximum Gasteiger partial charge on any atom is 0.270 e. The Balaban J connectivity index is 2.66. The third-order valence-electron chi connectivity index (χ3n) is 3.14. The standard InChI is InChI=1S/C15H16N2O4/c1-20-14-7-10(9-16)6-13(15(14)21-2)11-4-3-5-12(8-11)17(18)19/h3-8H,9,16H2,1-2H3. The lowest BCUT2D eigenvalue weighted by Gasteiger charge is -2.14. The highest BCUT2D eigenvalue weighted by atomic mass is 16.6. The van der Waals surface area contributed by atoms with Crippen molar-refractivity contribution in [3.63, 3.8) is 0 Å². The van der Waals surface area contributed by atoms with Gasteiger partial charge < -0.3 is 15.2 Å². The van der Waals surface area contributed by atoms with E-state index in [9.17, 15) is 10.1 Å². The third kappa shape index (κ3) is 2.95. The van der Waals surface area contributed by atoms with Gasteiger partial charge in [-0.1, -0.05) is 12.1 Å². The zero-order valence-corrected chi connectivity index (χ0v) is 11.8. The molecule has 0 heterocycles. The molecular formula is C15H16N2O4. The second kappa shape index (κ2) is 6.23. The zero-order chi connectivity index (χ0) is 15.4. The topological polar surface area (TPSA) is 87.6 Å². The highest BCUT2D eigenvalue weighted by molar-refractivity contribution is 5.76. The molecule has 0 bridgehead atoms. The average molecular weight is 288 g/mol. The number of nitro benzene ring substituents is 1. The summed E-state index contributed by atoms with van der Waals surface area (Å²) in [6.45, 7) is 0.336. The van der Waals surface area contributed by atoms with Crippen molar-refractivity contribution in [2.75, 3.05) is 14.2 Å². The molecule has 0 aliphatic carbocycles. The molecule has 2 aromatic rings. The molecule has 0 radical (unpaired) electrons. The van der Waals surface area contributed by atoms with Crippen molar-refractivity contribution in [1.29, 1.82) is 0 Å². The lowest BCUT2D eigenvalue weighted by molar-refractivity contribution is -0.384. The van der Waals surface area contributed by atoms with Crippen LogP contribution in [0.4, 0.5) is 5.69 Å². The molecule has 0 fully saturated rings. The van der Waals surface area contributed by atoms with Crippen molar-refractivity contribution in [2.24, 2.45) is 5.73 Å². The Bertz CT molecular complexity index is 671. The number of hydrogen-bond acceptors (Lipinski definition) is 5. The van der Waals surface area contributed by atoms with Crippen LogP contribution in [-0.4, -0.2) is 19.1 Å². The van der Waals surface area contributed by atoms with E-state index in [2.05, 4.69) is 0 Å². The number of hydrogen-bond donors (Lipinski definition) is 1. The van der Waals surface area contributed by atoms with Crippen LogP contribution in [0.3, 0.4) is 0 Å². The van der Waals surface area contributed by atoms with Crippen LogP contribution < -0.4 is 15.2 Å². The number of non-ortho nitro benzene ring substituents is 1. The largest absolute Gasteiger partial charge is 0.493 e. The van der Waals surface area contributed by atoms with Gasteiger partial charge in [-0.15, -0.1) is 0 Å². The molecule has 6 heteroatoms. The van der Waals surface area contributed by atoms with E-state index in [4.69, 9.17) is 15.2 Å². The summed E-state index contributed by atoms with van der Waals surface area (Å²) >= 11 is 0. The minimum Gasteiger partial charge on any atom is -0.493 e. The minimum absolute atomic E-state index is 0.0201. The van der Waals surface area contributed by atoms with Gasteiger partial charge in [0.15, 0.2) is 11.5 Å². The predicted molar refractivity (Wildman–Crippen MR) is 79.5 cm³/mol. The molecule has 6 nitrogen and oxygen atoms in total. The van der Waals surface area contributed by atoms with Gasteiger partial charge in [0, 0.05) is 24.2 Å². The second-order valence-corrected chi connectivity index (χ2v) is 4.39. The Hall–Kier alpha value is -2.60. The molecular weight excluding hydrogens is 272 g/mol. The van der Waals surface area contributed by atoms with Crippen LogP contribution in [0.5, 0.6) is 11.5 Å². The summed E-state index contributed by atoms with van der Waals surface area (Å²) in [6, 6.07) is 10.00. The molecule has 0 unspecified atom stereocenters. The molecule has 110 valence electrons. The molecule has 0 aliphatic rings. The van der Waals surface area contributed by atoms with Crippen molar-refractivity contribution in [1.82, 2.24) is 0 Å². The Morgan fingerprint density at radius 2 is 1.95 bits per heavy atom. The lowest BCUT2D eigenvalue weighted by atomic mass is 10.0. The van der Waals surface area contributed by atoms with Crippen molar-refractivity contribution in [2.45, 2.75) is 6.54 Å². The number of benzene rings is 2. The zero-order valence-electron chi connectivity index (χ0n) is 11.8. The fourth-order valence-corrected chi connectivity index (χ4v) is 2.14. The van der Waals surface area contributed by atoms with E-state index >= 15 is 0 Å². The fraction of sp³-hybridized carbons (Fsp3) is 0.200. The maximum atomic E-state index is 10.9. The first-order valence-electron chi connectivity index (χ1n) is 6.30. The van der Waals surface area contributed by atoms with Gasteiger partial charge >= 0.3 is 0 Å². The van der Waals surface area contributed by atoms with Crippen molar-refractivity contribution < 1.29 is 14.4 Å². The van der Waals surface area contributed by atoms with E-state index in [1.54, 1.807) is 18.2 Å². The highest BCUT2D eigenvalue weighted by Crippen LogP contribution is 2.40. The van der Waals surface area contributed by atoms with Crippen molar-refractivity contribution in [3.05, 3.63) is 52.1 Å². The molecule has 2 aromatic carbocycles. The van der Waals surface area contributed by atoms with Crippen LogP contribution in [0.1, 0.15) is 5.56 Å². The molecule has 0 aromatic heterocycles. The first kappa shape index (κ1) is 14.8. The lowest BCUT2D eigenvalue weighted by Crippen LogP contribution is -2.00. The highest BCUT2D eigenvalue weighted by Gasteiger charge is 2.16. The van der Waals surface area contributed by atoms with E-state index in [0.29, 0.717) is 29.2 Å². The number of ether oxygens (including phenoxy) is 2. The molecule has 0 spiro atoms. The van der Waals surface area contributed by atoms with E-state index in [-0.39, 0.29) is 5.69 Å². The molecule has 21 heavy (non-hydrogen) atoms. The van der Waals surface area contributed by atoms with Crippen LogP contribution in [0.2, 0.25) is 0 Å². The molecule has 2 rings (SSSR count). The first-order valence-corrected chi connectivity index (χ1v) is 6.30. The van der Waals surface area contributed by atoms with E-state index in [1.807, 2.05) is 6.07 Å². The summed E-state index contributed by atoms with van der Waals surface area (Å²) in [4.78, 5) is 10.5. The van der Waals surface area contributed by atoms with Gasteiger partial charge in [-0.25, -0.2) is 0 Å². The maximum absolute atomic E-state index is 10.9. The second-order valence-electron chi connectivity index (χ2n) is 4.39. The third-order valence-corrected chi connectivity index (χ3v) is 3.14. The van der Waals surface area contributed by atoms with Gasteiger partial charge in [0.1, 0.15) is 0 Å². The van der Waals surface area contributed by atoms with Gasteiger partial charge in [-0.2, -0.15) is 0 Å². The smallest absolute Gasteiger partial charge is 0.270 e. The molecule has 0 aliphatic heterocycles. The van der Waals surface area contributed by atoms with Crippen LogP contribution >= 0.6 is 0 Å². The van der Waals surface area contributed by atoms with Crippen molar-refractivity contribution >= 4 is 5.69 Å². The molecule has 2 N–H and O–H groups in total. The molecule has 0 saturated heterocycles. The van der Waals surface area contributed by atoms with Crippen LogP contribution in [-0.2, 0) is 6.54 Å². The van der Waals surface area contributed by atoms with Gasteiger partial charge in [0.2, 0.25) is 0 Å². The summed E-state index contributed by atoms with van der Waals surface area (Å²) in [5.74, 6) is 1.07. The first-order chi connectivity index (χ1) is 10.1. The monoisotopic (exact) mass is 288 g/mol. The van der Waals surface area contributed by atoms with Crippen LogP contribution in [0.15, 0.2) is 36.4 Å². The summed E-state index contributed by atoms with van der Waals surface area (Å²) in [5.41, 5.74) is 7.95. The summed E-state index contributed by atoms with van der Waals surface area (Å²) < 4.78 is 10.7. The predicted octanol–water partition coefficient (Wildman–Crippen LogP) is 2.74. The van der Waals surface area contributed by atoms with E-state index in [0.717, 1.165) is 5.56 Å². The number of nitrogens with zero attached hydrogens (tertiary/aromatic N) is 1. The normalized spacial score (nSPS) is 10.2. The minimum atomic E-state index is -0.431. The Kier molecular flexibility index (Phi) is 4.39. The Morgan fingerprint density at radius 1 is 1.19 bits per heavy atom. The van der Waals surface area contributed by atoms with Gasteiger partial charge in [-0.3, -0.25) is 10.1 Å². The Labute approximate surface area is 122 Å². The number of nitro groups is 1. The van der Waals surface area contributed by atoms with Crippen LogP contribution in [0, 0.1) is 10.1 Å². The van der Waals surface area contributed by atoms with Crippen molar-refractivity contribution in [3.8, 4) is 22.6 Å². The fourth-order valence-electron chi connectivity index (χ4n) is 2.14. The van der Waals surface area contributed by atoms with E-state index in [1.165, 1.54) is 26.4 Å². The quantitative estimate of drug-likeness (QED) is 0.675. The van der Waals surface area contributed by atoms with Crippen LogP contribution in [0.25, 0.3) is 11.1 Å².